The lowest BCUT2D eigenvalue weighted by molar-refractivity contribution is -0.116. The van der Waals surface area contributed by atoms with E-state index in [9.17, 15) is 13.2 Å². The molecule has 2 aromatic rings. The lowest BCUT2D eigenvalue weighted by Crippen LogP contribution is -2.38. The summed E-state index contributed by atoms with van der Waals surface area (Å²) in [6.07, 6.45) is 2.72. The molecule has 116 valence electrons. The molecule has 2 rings (SSSR count). The van der Waals surface area contributed by atoms with Crippen molar-refractivity contribution in [2.24, 2.45) is 0 Å². The highest BCUT2D eigenvalue weighted by atomic mass is 32.2. The van der Waals surface area contributed by atoms with Gasteiger partial charge in [0.25, 0.3) is 0 Å². The molecule has 0 atom stereocenters. The van der Waals surface area contributed by atoms with Gasteiger partial charge in [0.1, 0.15) is 6.26 Å². The number of anilines is 1. The minimum atomic E-state index is -3.78. The number of benzene rings is 1. The second-order valence-corrected chi connectivity index (χ2v) is 6.27. The van der Waals surface area contributed by atoms with Crippen LogP contribution >= 0.6 is 0 Å². The smallest absolute Gasteiger partial charge is 0.243 e. The van der Waals surface area contributed by atoms with Gasteiger partial charge in [-0.2, -0.15) is 4.31 Å². The summed E-state index contributed by atoms with van der Waals surface area (Å²) in [4.78, 5) is 12.1. The maximum atomic E-state index is 12.5. The van der Waals surface area contributed by atoms with E-state index in [0.717, 1.165) is 4.31 Å². The zero-order valence-electron chi connectivity index (χ0n) is 11.7. The van der Waals surface area contributed by atoms with Gasteiger partial charge in [-0.05, 0) is 12.1 Å². The Balaban J connectivity index is 2.15. The third-order valence-electron chi connectivity index (χ3n) is 2.74. The van der Waals surface area contributed by atoms with Gasteiger partial charge in [0, 0.05) is 12.6 Å². The van der Waals surface area contributed by atoms with E-state index in [0.29, 0.717) is 0 Å². The number of aromatic nitrogens is 1. The minimum Gasteiger partial charge on any atom is -0.363 e. The number of hydrogen-bond acceptors (Lipinski definition) is 5. The molecule has 1 amide bonds. The highest BCUT2D eigenvalue weighted by Gasteiger charge is 2.25. The Morgan fingerprint density at radius 1 is 1.32 bits per heavy atom. The predicted octanol–water partition coefficient (Wildman–Crippen LogP) is 1.49. The fourth-order valence-corrected chi connectivity index (χ4v) is 3.14. The molecule has 22 heavy (non-hydrogen) atoms. The topological polar surface area (TPSA) is 92.5 Å². The molecule has 0 bridgehead atoms. The summed E-state index contributed by atoms with van der Waals surface area (Å²) in [5, 5.41) is 5.98. The van der Waals surface area contributed by atoms with Crippen LogP contribution in [-0.2, 0) is 14.8 Å². The van der Waals surface area contributed by atoms with Crippen molar-refractivity contribution in [2.45, 2.75) is 4.90 Å². The molecule has 8 heteroatoms. The Bertz CT molecular complexity index is 727. The number of amides is 1. The van der Waals surface area contributed by atoms with Gasteiger partial charge >= 0.3 is 0 Å². The average molecular weight is 321 g/mol. The van der Waals surface area contributed by atoms with Gasteiger partial charge in [-0.15, -0.1) is 6.58 Å². The van der Waals surface area contributed by atoms with Crippen LogP contribution in [-0.4, -0.2) is 36.9 Å². The summed E-state index contributed by atoms with van der Waals surface area (Å²) >= 11 is 0. The third kappa shape index (κ3) is 3.80. The first-order valence-corrected chi connectivity index (χ1v) is 7.84. The average Bonchev–Trinajstić information content (AvgIpc) is 3.00. The van der Waals surface area contributed by atoms with Crippen molar-refractivity contribution in [2.75, 3.05) is 18.4 Å². The molecule has 0 saturated heterocycles. The number of sulfonamides is 1. The third-order valence-corrected chi connectivity index (χ3v) is 4.56. The fourth-order valence-electron chi connectivity index (χ4n) is 1.75. The first kappa shape index (κ1) is 15.9. The van der Waals surface area contributed by atoms with Crippen LogP contribution in [0.1, 0.15) is 0 Å². The Hall–Kier alpha value is -2.45. The van der Waals surface area contributed by atoms with Gasteiger partial charge in [-0.25, -0.2) is 8.42 Å². The second kappa shape index (κ2) is 7.01. The molecular weight excluding hydrogens is 306 g/mol. The number of nitrogens with one attached hydrogen (secondary N) is 1. The van der Waals surface area contributed by atoms with Crippen molar-refractivity contribution in [1.29, 1.82) is 0 Å². The first-order valence-electron chi connectivity index (χ1n) is 6.40. The van der Waals surface area contributed by atoms with Gasteiger partial charge in [0.05, 0.1) is 11.4 Å². The Kier molecular flexibility index (Phi) is 5.08. The largest absolute Gasteiger partial charge is 0.363 e. The summed E-state index contributed by atoms with van der Waals surface area (Å²) in [7, 11) is -3.78. The maximum absolute atomic E-state index is 12.5. The van der Waals surface area contributed by atoms with Crippen molar-refractivity contribution < 1.29 is 17.7 Å². The van der Waals surface area contributed by atoms with E-state index in [1.54, 1.807) is 18.2 Å². The number of hydrogen-bond donors (Lipinski definition) is 1. The fraction of sp³-hybridized carbons (Fsp3) is 0.143. The molecule has 0 aliphatic rings. The lowest BCUT2D eigenvalue weighted by atomic mass is 10.4. The molecule has 1 N–H and O–H groups in total. The van der Waals surface area contributed by atoms with Crippen molar-refractivity contribution in [3.05, 3.63) is 55.3 Å². The summed E-state index contributed by atoms with van der Waals surface area (Å²) in [5.74, 6) is -0.295. The van der Waals surface area contributed by atoms with Crippen LogP contribution in [0.5, 0.6) is 0 Å². The second-order valence-electron chi connectivity index (χ2n) is 4.33. The molecule has 1 aromatic carbocycles. The molecule has 0 unspecified atom stereocenters. The molecular formula is C14H15N3O4S. The van der Waals surface area contributed by atoms with Crippen molar-refractivity contribution >= 4 is 21.7 Å². The van der Waals surface area contributed by atoms with Crippen LogP contribution in [0, 0.1) is 0 Å². The van der Waals surface area contributed by atoms with E-state index in [2.05, 4.69) is 21.6 Å². The Morgan fingerprint density at radius 2 is 2.05 bits per heavy atom. The van der Waals surface area contributed by atoms with E-state index < -0.39 is 15.9 Å². The minimum absolute atomic E-state index is 0.0173. The molecule has 7 nitrogen and oxygen atoms in total. The highest BCUT2D eigenvalue weighted by Crippen LogP contribution is 2.15. The summed E-state index contributed by atoms with van der Waals surface area (Å²) < 4.78 is 30.7. The molecule has 0 radical (unpaired) electrons. The van der Waals surface area contributed by atoms with Crippen LogP contribution in [0.4, 0.5) is 5.82 Å². The molecule has 0 aliphatic heterocycles. The number of nitrogens with zero attached hydrogens (tertiary/aromatic N) is 2. The van der Waals surface area contributed by atoms with Crippen LogP contribution in [0.25, 0.3) is 0 Å². The number of carbonyl (C=O) groups is 1. The molecule has 0 fully saturated rings. The monoisotopic (exact) mass is 321 g/mol. The van der Waals surface area contributed by atoms with E-state index in [-0.39, 0.29) is 23.8 Å². The normalized spacial score (nSPS) is 11.3. The number of rotatable bonds is 7. The van der Waals surface area contributed by atoms with Crippen molar-refractivity contribution in [3.8, 4) is 0 Å². The first-order chi connectivity index (χ1) is 10.5. The zero-order valence-corrected chi connectivity index (χ0v) is 12.5. The molecule has 0 spiro atoms. The van der Waals surface area contributed by atoms with Crippen LogP contribution in [0.15, 0.2) is 64.7 Å². The molecule has 1 heterocycles. The van der Waals surface area contributed by atoms with E-state index in [4.69, 9.17) is 0 Å². The van der Waals surface area contributed by atoms with Crippen molar-refractivity contribution in [3.63, 3.8) is 0 Å². The zero-order chi connectivity index (χ0) is 16.0. The van der Waals surface area contributed by atoms with Crippen molar-refractivity contribution in [1.82, 2.24) is 9.46 Å². The summed E-state index contributed by atoms with van der Waals surface area (Å²) in [6.45, 7) is 3.19. The molecule has 0 saturated carbocycles. The standard InChI is InChI=1S/C14H15N3O4S/c1-2-9-17(11-14(18)15-13-8-10-21-16-13)22(19,20)12-6-4-3-5-7-12/h2-8,10H,1,9,11H2,(H,15,16,18). The van der Waals surface area contributed by atoms with Gasteiger partial charge in [-0.1, -0.05) is 29.4 Å². The Morgan fingerprint density at radius 3 is 2.64 bits per heavy atom. The van der Waals surface area contributed by atoms with Crippen LogP contribution in [0.2, 0.25) is 0 Å². The summed E-state index contributed by atoms with van der Waals surface area (Å²) in [6, 6.07) is 9.36. The lowest BCUT2D eigenvalue weighted by Gasteiger charge is -2.19. The molecule has 0 aliphatic carbocycles. The van der Waals surface area contributed by atoms with Gasteiger partial charge in [0.2, 0.25) is 15.9 Å². The SMILES string of the molecule is C=CCN(CC(=O)Nc1ccon1)S(=O)(=O)c1ccccc1. The maximum Gasteiger partial charge on any atom is 0.243 e. The highest BCUT2D eigenvalue weighted by molar-refractivity contribution is 7.89. The van der Waals surface area contributed by atoms with E-state index in [1.807, 2.05) is 0 Å². The van der Waals surface area contributed by atoms with E-state index >= 15 is 0 Å². The summed E-state index contributed by atoms with van der Waals surface area (Å²) in [5.41, 5.74) is 0. The van der Waals surface area contributed by atoms with Crippen LogP contribution < -0.4 is 5.32 Å². The number of carbonyl (C=O) groups excluding carboxylic acids is 1. The van der Waals surface area contributed by atoms with Gasteiger partial charge < -0.3 is 9.84 Å². The van der Waals surface area contributed by atoms with Crippen LogP contribution in [0.3, 0.4) is 0 Å². The Labute approximate surface area is 128 Å². The van der Waals surface area contributed by atoms with Gasteiger partial charge in [-0.3, -0.25) is 4.79 Å². The van der Waals surface area contributed by atoms with Gasteiger partial charge in [0.15, 0.2) is 5.82 Å². The quantitative estimate of drug-likeness (QED) is 0.780. The predicted molar refractivity (Wildman–Crippen MR) is 80.5 cm³/mol. The molecule has 1 aromatic heterocycles. The van der Waals surface area contributed by atoms with E-state index in [1.165, 1.54) is 30.5 Å².